The second-order valence-electron chi connectivity index (χ2n) is 3.98. The molecule has 106 valence electrons. The van der Waals surface area contributed by atoms with Gasteiger partial charge in [0.15, 0.2) is 0 Å². The van der Waals surface area contributed by atoms with Crippen molar-refractivity contribution in [3.05, 3.63) is 40.1 Å². The van der Waals surface area contributed by atoms with Crippen molar-refractivity contribution in [1.29, 1.82) is 0 Å². The van der Waals surface area contributed by atoms with E-state index in [0.717, 1.165) is 0 Å². The molecule has 0 saturated carbocycles. The maximum absolute atomic E-state index is 12.4. The lowest BCUT2D eigenvalue weighted by Crippen LogP contribution is -2.17. The van der Waals surface area contributed by atoms with Gasteiger partial charge >= 0.3 is 0 Å². The highest BCUT2D eigenvalue weighted by Crippen LogP contribution is 2.26. The van der Waals surface area contributed by atoms with Crippen LogP contribution in [0.2, 0.25) is 0 Å². The van der Waals surface area contributed by atoms with E-state index in [1.165, 1.54) is 18.5 Å². The number of nitrogens with one attached hydrogen (secondary N) is 1. The standard InChI is InChI=1S/C11H12BrN5O2S/c1-7-9(12)4-8(6-13)5-10(7)20(18,19)17-11-14-2-3-15-16-11/h2-5H,6,13H2,1H3,(H,14,16,17). The predicted molar refractivity (Wildman–Crippen MR) is 77.4 cm³/mol. The van der Waals surface area contributed by atoms with E-state index >= 15 is 0 Å². The van der Waals surface area contributed by atoms with Gasteiger partial charge in [-0.2, -0.15) is 5.10 Å². The van der Waals surface area contributed by atoms with Gasteiger partial charge in [0.05, 0.1) is 17.3 Å². The summed E-state index contributed by atoms with van der Waals surface area (Å²) in [4.78, 5) is 3.91. The van der Waals surface area contributed by atoms with E-state index in [-0.39, 0.29) is 17.4 Å². The van der Waals surface area contributed by atoms with E-state index in [0.29, 0.717) is 15.6 Å². The molecule has 9 heteroatoms. The van der Waals surface area contributed by atoms with Crippen molar-refractivity contribution in [2.24, 2.45) is 5.73 Å². The molecule has 1 aromatic heterocycles. The lowest BCUT2D eigenvalue weighted by Gasteiger charge is -2.11. The van der Waals surface area contributed by atoms with Crippen molar-refractivity contribution in [1.82, 2.24) is 15.2 Å². The summed E-state index contributed by atoms with van der Waals surface area (Å²) in [6, 6.07) is 3.31. The largest absolute Gasteiger partial charge is 0.326 e. The summed E-state index contributed by atoms with van der Waals surface area (Å²) < 4.78 is 27.7. The minimum atomic E-state index is -3.80. The second-order valence-corrected chi connectivity index (χ2v) is 6.48. The van der Waals surface area contributed by atoms with Crippen LogP contribution in [0.1, 0.15) is 11.1 Å². The molecule has 0 aliphatic carbocycles. The molecule has 0 radical (unpaired) electrons. The number of aromatic nitrogens is 3. The normalized spacial score (nSPS) is 11.3. The monoisotopic (exact) mass is 357 g/mol. The quantitative estimate of drug-likeness (QED) is 0.850. The first-order valence-electron chi connectivity index (χ1n) is 5.59. The summed E-state index contributed by atoms with van der Waals surface area (Å²) in [5.41, 5.74) is 6.85. The number of nitrogens with two attached hydrogens (primary N) is 1. The van der Waals surface area contributed by atoms with Gasteiger partial charge in [-0.05, 0) is 30.2 Å². The molecule has 3 N–H and O–H groups in total. The minimum Gasteiger partial charge on any atom is -0.326 e. The molecule has 1 heterocycles. The van der Waals surface area contributed by atoms with Gasteiger partial charge in [0.25, 0.3) is 16.0 Å². The number of anilines is 1. The summed E-state index contributed by atoms with van der Waals surface area (Å²) in [5.74, 6) is -0.0822. The van der Waals surface area contributed by atoms with Crippen LogP contribution < -0.4 is 10.5 Å². The number of benzene rings is 1. The molecule has 0 saturated heterocycles. The van der Waals surface area contributed by atoms with E-state index in [1.54, 1.807) is 13.0 Å². The van der Waals surface area contributed by atoms with Gasteiger partial charge in [0.1, 0.15) is 0 Å². The van der Waals surface area contributed by atoms with Crippen LogP contribution in [-0.4, -0.2) is 23.6 Å². The highest BCUT2D eigenvalue weighted by atomic mass is 79.9. The molecule has 2 rings (SSSR count). The molecule has 0 amide bonds. The fraction of sp³-hybridized carbons (Fsp3) is 0.182. The predicted octanol–water partition coefficient (Wildman–Crippen LogP) is 1.20. The number of rotatable bonds is 4. The highest BCUT2D eigenvalue weighted by Gasteiger charge is 2.20. The van der Waals surface area contributed by atoms with Crippen molar-refractivity contribution in [3.63, 3.8) is 0 Å². The zero-order valence-corrected chi connectivity index (χ0v) is 12.9. The fourth-order valence-corrected chi connectivity index (χ4v) is 3.48. The molecular formula is C11H12BrN5O2S. The third-order valence-corrected chi connectivity index (χ3v) is 4.87. The number of sulfonamides is 1. The Labute approximate surface area is 124 Å². The molecule has 7 nitrogen and oxygen atoms in total. The first-order chi connectivity index (χ1) is 9.44. The molecule has 0 bridgehead atoms. The lowest BCUT2D eigenvalue weighted by molar-refractivity contribution is 0.599. The van der Waals surface area contributed by atoms with Crippen molar-refractivity contribution in [3.8, 4) is 0 Å². The maximum atomic E-state index is 12.4. The number of halogens is 1. The van der Waals surface area contributed by atoms with Crippen molar-refractivity contribution >= 4 is 31.9 Å². The Kier molecular flexibility index (Phi) is 4.31. The number of hydrogen-bond acceptors (Lipinski definition) is 6. The lowest BCUT2D eigenvalue weighted by atomic mass is 10.1. The molecular weight excluding hydrogens is 346 g/mol. The Morgan fingerprint density at radius 1 is 1.35 bits per heavy atom. The smallest absolute Gasteiger partial charge is 0.264 e. The molecule has 0 unspecified atom stereocenters. The summed E-state index contributed by atoms with van der Waals surface area (Å²) in [5, 5.41) is 7.16. The van der Waals surface area contributed by atoms with Crippen molar-refractivity contribution in [2.75, 3.05) is 4.72 Å². The maximum Gasteiger partial charge on any atom is 0.264 e. The van der Waals surface area contributed by atoms with Gasteiger partial charge in [-0.1, -0.05) is 15.9 Å². The molecule has 0 fully saturated rings. The Morgan fingerprint density at radius 3 is 2.70 bits per heavy atom. The van der Waals surface area contributed by atoms with Crippen LogP contribution in [0.15, 0.2) is 33.9 Å². The van der Waals surface area contributed by atoms with E-state index in [9.17, 15) is 8.42 Å². The van der Waals surface area contributed by atoms with E-state index < -0.39 is 10.0 Å². The third kappa shape index (κ3) is 3.11. The van der Waals surface area contributed by atoms with Gasteiger partial charge < -0.3 is 5.73 Å². The highest BCUT2D eigenvalue weighted by molar-refractivity contribution is 9.10. The van der Waals surface area contributed by atoms with Crippen LogP contribution in [0.25, 0.3) is 0 Å². The van der Waals surface area contributed by atoms with Crippen LogP contribution in [0.4, 0.5) is 5.95 Å². The van der Waals surface area contributed by atoms with Crippen LogP contribution in [0.5, 0.6) is 0 Å². The van der Waals surface area contributed by atoms with Crippen LogP contribution in [-0.2, 0) is 16.6 Å². The van der Waals surface area contributed by atoms with Gasteiger partial charge in [0.2, 0.25) is 0 Å². The molecule has 0 aliphatic rings. The van der Waals surface area contributed by atoms with Crippen LogP contribution in [0, 0.1) is 6.92 Å². The van der Waals surface area contributed by atoms with E-state index in [2.05, 4.69) is 35.8 Å². The second kappa shape index (κ2) is 5.81. The van der Waals surface area contributed by atoms with E-state index in [1.807, 2.05) is 0 Å². The topological polar surface area (TPSA) is 111 Å². The summed E-state index contributed by atoms with van der Waals surface area (Å²) in [7, 11) is -3.80. The molecule has 20 heavy (non-hydrogen) atoms. The first kappa shape index (κ1) is 14.8. The SMILES string of the molecule is Cc1c(Br)cc(CN)cc1S(=O)(=O)Nc1nccnn1. The van der Waals surface area contributed by atoms with Gasteiger partial charge in [-0.15, -0.1) is 5.10 Å². The number of hydrogen-bond donors (Lipinski definition) is 2. The Morgan fingerprint density at radius 2 is 2.10 bits per heavy atom. The molecule has 2 aromatic rings. The summed E-state index contributed by atoms with van der Waals surface area (Å²) in [6.45, 7) is 1.94. The molecule has 0 atom stereocenters. The number of nitrogens with zero attached hydrogens (tertiary/aromatic N) is 3. The molecule has 1 aromatic carbocycles. The Balaban J connectivity index is 2.47. The van der Waals surface area contributed by atoms with Crippen LogP contribution in [0.3, 0.4) is 0 Å². The van der Waals surface area contributed by atoms with Crippen molar-refractivity contribution < 1.29 is 8.42 Å². The Bertz CT molecular complexity index is 721. The van der Waals surface area contributed by atoms with Crippen LogP contribution >= 0.6 is 15.9 Å². The third-order valence-electron chi connectivity index (χ3n) is 2.59. The average Bonchev–Trinajstić information content (AvgIpc) is 2.42. The first-order valence-corrected chi connectivity index (χ1v) is 7.87. The summed E-state index contributed by atoms with van der Waals surface area (Å²) in [6.07, 6.45) is 2.71. The van der Waals surface area contributed by atoms with E-state index in [4.69, 9.17) is 5.73 Å². The fourth-order valence-electron chi connectivity index (χ4n) is 1.57. The zero-order valence-electron chi connectivity index (χ0n) is 10.5. The molecule has 0 aliphatic heterocycles. The van der Waals surface area contributed by atoms with Gasteiger partial charge in [-0.25, -0.2) is 18.1 Å². The Hall–Kier alpha value is -1.58. The summed E-state index contributed by atoms with van der Waals surface area (Å²) >= 11 is 3.32. The average molecular weight is 358 g/mol. The van der Waals surface area contributed by atoms with Gasteiger partial charge in [-0.3, -0.25) is 0 Å². The minimum absolute atomic E-state index is 0.0822. The zero-order chi connectivity index (χ0) is 14.8. The molecule has 0 spiro atoms. The van der Waals surface area contributed by atoms with Gasteiger partial charge in [0, 0.05) is 11.0 Å². The van der Waals surface area contributed by atoms with Crippen molar-refractivity contribution in [2.45, 2.75) is 18.4 Å².